The maximum atomic E-state index is 11.4. The number of carbonyl (C=O) groups is 1. The first-order valence-electron chi connectivity index (χ1n) is 7.22. The molecule has 0 spiro atoms. The summed E-state index contributed by atoms with van der Waals surface area (Å²) in [5.41, 5.74) is 0.925. The molecule has 0 aromatic heterocycles. The van der Waals surface area contributed by atoms with Crippen LogP contribution in [-0.2, 0) is 0 Å². The van der Waals surface area contributed by atoms with Crippen molar-refractivity contribution in [3.05, 3.63) is 33.9 Å². The molecule has 1 aliphatic heterocycles. The van der Waals surface area contributed by atoms with Crippen molar-refractivity contribution in [2.24, 2.45) is 0 Å². The van der Waals surface area contributed by atoms with E-state index in [0.29, 0.717) is 11.3 Å². The second-order valence-corrected chi connectivity index (χ2v) is 5.49. The van der Waals surface area contributed by atoms with Crippen molar-refractivity contribution in [3.63, 3.8) is 0 Å². The van der Waals surface area contributed by atoms with Crippen LogP contribution in [0.4, 0.5) is 11.4 Å². The standard InChI is InChI=1S/C15H21N3O3/c1-12(19)13-5-6-14(15(11-13)18(20)21)16(2)9-10-17-7-3-4-8-17/h5-6,11H,3-4,7-10H2,1-2H3. The molecule has 2 rings (SSSR count). The van der Waals surface area contributed by atoms with Gasteiger partial charge in [0.15, 0.2) is 5.78 Å². The van der Waals surface area contributed by atoms with Gasteiger partial charge in [0, 0.05) is 31.8 Å². The monoisotopic (exact) mass is 291 g/mol. The number of nitro groups is 1. The number of carbonyl (C=O) groups excluding carboxylic acids is 1. The van der Waals surface area contributed by atoms with Gasteiger partial charge >= 0.3 is 0 Å². The molecule has 1 aromatic rings. The predicted octanol–water partition coefficient (Wildman–Crippen LogP) is 2.33. The van der Waals surface area contributed by atoms with E-state index in [9.17, 15) is 14.9 Å². The van der Waals surface area contributed by atoms with Crippen LogP contribution < -0.4 is 4.90 Å². The summed E-state index contributed by atoms with van der Waals surface area (Å²) < 4.78 is 0. The van der Waals surface area contributed by atoms with Crippen molar-refractivity contribution in [1.82, 2.24) is 4.90 Å². The quantitative estimate of drug-likeness (QED) is 0.457. The van der Waals surface area contributed by atoms with Gasteiger partial charge < -0.3 is 9.80 Å². The molecule has 0 N–H and O–H groups in total. The largest absolute Gasteiger partial charge is 0.368 e. The van der Waals surface area contributed by atoms with Gasteiger partial charge in [-0.1, -0.05) is 0 Å². The molecule has 1 aliphatic rings. The van der Waals surface area contributed by atoms with Gasteiger partial charge in [-0.05, 0) is 45.0 Å². The SMILES string of the molecule is CC(=O)c1ccc(N(C)CCN2CCCC2)c([N+](=O)[O-])c1. The highest BCUT2D eigenvalue weighted by Gasteiger charge is 2.20. The Bertz CT molecular complexity index is 539. The molecule has 0 atom stereocenters. The maximum absolute atomic E-state index is 11.4. The summed E-state index contributed by atoms with van der Waals surface area (Å²) in [5, 5.41) is 11.2. The molecule has 6 heteroatoms. The van der Waals surface area contributed by atoms with Crippen molar-refractivity contribution < 1.29 is 9.72 Å². The Labute approximate surface area is 124 Å². The first-order valence-corrected chi connectivity index (χ1v) is 7.22. The normalized spacial score (nSPS) is 15.1. The van der Waals surface area contributed by atoms with Gasteiger partial charge in [-0.3, -0.25) is 14.9 Å². The maximum Gasteiger partial charge on any atom is 0.293 e. The Morgan fingerprint density at radius 2 is 2.05 bits per heavy atom. The number of ketones is 1. The van der Waals surface area contributed by atoms with E-state index in [4.69, 9.17) is 0 Å². The fourth-order valence-corrected chi connectivity index (χ4v) is 2.63. The van der Waals surface area contributed by atoms with Crippen LogP contribution in [0.3, 0.4) is 0 Å². The number of hydrogen-bond donors (Lipinski definition) is 0. The molecule has 0 radical (unpaired) electrons. The molecule has 0 aliphatic carbocycles. The molecular weight excluding hydrogens is 270 g/mol. The highest BCUT2D eigenvalue weighted by atomic mass is 16.6. The lowest BCUT2D eigenvalue weighted by molar-refractivity contribution is -0.384. The van der Waals surface area contributed by atoms with Crippen molar-refractivity contribution in [1.29, 1.82) is 0 Å². The molecule has 1 fully saturated rings. The van der Waals surface area contributed by atoms with Crippen LogP contribution in [0.1, 0.15) is 30.1 Å². The van der Waals surface area contributed by atoms with Crippen LogP contribution in [-0.4, -0.2) is 48.8 Å². The number of rotatable bonds is 6. The predicted molar refractivity (Wildman–Crippen MR) is 82.0 cm³/mol. The van der Waals surface area contributed by atoms with Gasteiger partial charge in [0.25, 0.3) is 5.69 Å². The second-order valence-electron chi connectivity index (χ2n) is 5.49. The average Bonchev–Trinajstić information content (AvgIpc) is 2.97. The lowest BCUT2D eigenvalue weighted by Gasteiger charge is -2.23. The Hall–Kier alpha value is -1.95. The zero-order chi connectivity index (χ0) is 15.4. The third-order valence-corrected chi connectivity index (χ3v) is 3.94. The third kappa shape index (κ3) is 3.78. The highest BCUT2D eigenvalue weighted by molar-refractivity contribution is 5.95. The van der Waals surface area contributed by atoms with E-state index in [1.807, 2.05) is 11.9 Å². The number of benzene rings is 1. The molecular formula is C15H21N3O3. The Morgan fingerprint density at radius 1 is 1.38 bits per heavy atom. The minimum atomic E-state index is -0.422. The minimum absolute atomic E-state index is 0.00776. The van der Waals surface area contributed by atoms with E-state index in [2.05, 4.69) is 4.90 Å². The lowest BCUT2D eigenvalue weighted by Crippen LogP contribution is -2.31. The zero-order valence-corrected chi connectivity index (χ0v) is 12.5. The number of likely N-dealkylation sites (N-methyl/N-ethyl adjacent to an activating group) is 1. The summed E-state index contributed by atoms with van der Waals surface area (Å²) in [6.45, 7) is 5.27. The molecule has 1 aromatic carbocycles. The number of Topliss-reactive ketones (excluding diaryl/α,β-unsaturated/α-hetero) is 1. The summed E-state index contributed by atoms with van der Waals surface area (Å²) in [7, 11) is 1.85. The first kappa shape index (κ1) is 15.4. The number of anilines is 1. The van der Waals surface area contributed by atoms with Crippen LogP contribution in [0.15, 0.2) is 18.2 Å². The molecule has 0 amide bonds. The molecule has 0 bridgehead atoms. The van der Waals surface area contributed by atoms with E-state index in [0.717, 1.165) is 26.2 Å². The van der Waals surface area contributed by atoms with Gasteiger partial charge in [0.1, 0.15) is 5.69 Å². The molecule has 114 valence electrons. The van der Waals surface area contributed by atoms with Gasteiger partial charge in [-0.2, -0.15) is 0 Å². The number of hydrogen-bond acceptors (Lipinski definition) is 5. The van der Waals surface area contributed by atoms with E-state index < -0.39 is 4.92 Å². The smallest absolute Gasteiger partial charge is 0.293 e. The van der Waals surface area contributed by atoms with Crippen LogP contribution >= 0.6 is 0 Å². The van der Waals surface area contributed by atoms with Crippen molar-refractivity contribution in [2.45, 2.75) is 19.8 Å². The third-order valence-electron chi connectivity index (χ3n) is 3.94. The zero-order valence-electron chi connectivity index (χ0n) is 12.5. The number of nitrogens with zero attached hydrogens (tertiary/aromatic N) is 3. The molecule has 1 heterocycles. The average molecular weight is 291 g/mol. The summed E-state index contributed by atoms with van der Waals surface area (Å²) >= 11 is 0. The van der Waals surface area contributed by atoms with Crippen LogP contribution in [0.5, 0.6) is 0 Å². The van der Waals surface area contributed by atoms with Gasteiger partial charge in [-0.25, -0.2) is 0 Å². The van der Waals surface area contributed by atoms with Crippen LogP contribution in [0.2, 0.25) is 0 Å². The summed E-state index contributed by atoms with van der Waals surface area (Å²) in [5.74, 6) is -0.163. The Morgan fingerprint density at radius 3 is 2.62 bits per heavy atom. The van der Waals surface area contributed by atoms with Gasteiger partial charge in [0.2, 0.25) is 0 Å². The first-order chi connectivity index (χ1) is 9.99. The molecule has 21 heavy (non-hydrogen) atoms. The summed E-state index contributed by atoms with van der Waals surface area (Å²) in [4.78, 5) is 26.4. The Balaban J connectivity index is 2.13. The van der Waals surface area contributed by atoms with Crippen molar-refractivity contribution in [2.75, 3.05) is 38.1 Å². The summed E-state index contributed by atoms with van der Waals surface area (Å²) in [6.07, 6.45) is 2.47. The van der Waals surface area contributed by atoms with Crippen molar-refractivity contribution >= 4 is 17.2 Å². The topological polar surface area (TPSA) is 66.7 Å². The molecule has 0 saturated carbocycles. The summed E-state index contributed by atoms with van der Waals surface area (Å²) in [6, 6.07) is 4.68. The van der Waals surface area contributed by atoms with E-state index in [1.54, 1.807) is 12.1 Å². The van der Waals surface area contributed by atoms with Gasteiger partial charge in [0.05, 0.1) is 4.92 Å². The molecule has 1 saturated heterocycles. The molecule has 6 nitrogen and oxygen atoms in total. The van der Waals surface area contributed by atoms with E-state index in [-0.39, 0.29) is 11.5 Å². The van der Waals surface area contributed by atoms with Gasteiger partial charge in [-0.15, -0.1) is 0 Å². The fourth-order valence-electron chi connectivity index (χ4n) is 2.63. The lowest BCUT2D eigenvalue weighted by atomic mass is 10.1. The Kier molecular flexibility index (Phi) is 4.90. The highest BCUT2D eigenvalue weighted by Crippen LogP contribution is 2.28. The van der Waals surface area contributed by atoms with E-state index in [1.165, 1.54) is 25.8 Å². The number of likely N-dealkylation sites (tertiary alicyclic amines) is 1. The van der Waals surface area contributed by atoms with Crippen molar-refractivity contribution in [3.8, 4) is 0 Å². The number of nitro benzene ring substituents is 1. The second kappa shape index (κ2) is 6.67. The van der Waals surface area contributed by atoms with Crippen LogP contribution in [0, 0.1) is 10.1 Å². The van der Waals surface area contributed by atoms with E-state index >= 15 is 0 Å². The molecule has 0 unspecified atom stereocenters. The fraction of sp³-hybridized carbons (Fsp3) is 0.533. The van der Waals surface area contributed by atoms with Crippen LogP contribution in [0.25, 0.3) is 0 Å². The minimum Gasteiger partial charge on any atom is -0.368 e.